The number of methoxy groups -OCH3 is 1. The first-order chi connectivity index (χ1) is 15.8. The van der Waals surface area contributed by atoms with Crippen molar-refractivity contribution in [2.24, 2.45) is 0 Å². The number of hydrogen-bond donors (Lipinski definition) is 1. The van der Waals surface area contributed by atoms with Crippen LogP contribution in [-0.4, -0.2) is 53.7 Å². The molecule has 2 aromatic rings. The Morgan fingerprint density at radius 2 is 1.85 bits per heavy atom. The van der Waals surface area contributed by atoms with Gasteiger partial charge in [0.1, 0.15) is 10.9 Å². The van der Waals surface area contributed by atoms with Gasteiger partial charge in [-0.25, -0.2) is 0 Å². The second-order valence-corrected chi connectivity index (χ2v) is 9.44. The van der Waals surface area contributed by atoms with Crippen molar-refractivity contribution >= 4 is 63.0 Å². The SMILES string of the molecule is COCCN1C(=O)C(=C2C(=O)N(CC(=O)Nc3ccc(C)cc3C)c3ccccc32)SC1=S. The molecule has 4 rings (SSSR count). The van der Waals surface area contributed by atoms with E-state index in [1.807, 2.05) is 32.0 Å². The maximum absolute atomic E-state index is 13.5. The van der Waals surface area contributed by atoms with Crippen molar-refractivity contribution in [2.75, 3.05) is 37.0 Å². The fourth-order valence-electron chi connectivity index (χ4n) is 3.87. The molecule has 0 aromatic heterocycles. The van der Waals surface area contributed by atoms with Crippen LogP contribution in [0, 0.1) is 13.8 Å². The van der Waals surface area contributed by atoms with Gasteiger partial charge in [-0.05, 0) is 31.5 Å². The van der Waals surface area contributed by atoms with E-state index in [1.54, 1.807) is 31.4 Å². The lowest BCUT2D eigenvalue weighted by Crippen LogP contribution is -2.36. The lowest BCUT2D eigenvalue weighted by atomic mass is 10.1. The van der Waals surface area contributed by atoms with Crippen molar-refractivity contribution in [3.05, 3.63) is 64.1 Å². The van der Waals surface area contributed by atoms with Crippen LogP contribution in [0.25, 0.3) is 5.57 Å². The van der Waals surface area contributed by atoms with Gasteiger partial charge in [0.05, 0.1) is 29.3 Å². The number of anilines is 2. The van der Waals surface area contributed by atoms with E-state index < -0.39 is 0 Å². The van der Waals surface area contributed by atoms with Crippen LogP contribution in [0.4, 0.5) is 11.4 Å². The van der Waals surface area contributed by atoms with Crippen LogP contribution in [0.3, 0.4) is 0 Å². The second kappa shape index (κ2) is 9.46. The van der Waals surface area contributed by atoms with Gasteiger partial charge in [0.25, 0.3) is 11.8 Å². The lowest BCUT2D eigenvalue weighted by Gasteiger charge is -2.17. The van der Waals surface area contributed by atoms with E-state index in [2.05, 4.69) is 5.32 Å². The Labute approximate surface area is 201 Å². The number of thiocarbonyl (C=S) groups is 1. The minimum atomic E-state index is -0.390. The zero-order valence-electron chi connectivity index (χ0n) is 18.5. The first-order valence-electron chi connectivity index (χ1n) is 10.4. The van der Waals surface area contributed by atoms with Gasteiger partial charge in [0, 0.05) is 18.4 Å². The summed E-state index contributed by atoms with van der Waals surface area (Å²) in [6.07, 6.45) is 0. The Morgan fingerprint density at radius 3 is 2.58 bits per heavy atom. The number of ether oxygens (including phenoxy) is 1. The number of nitrogens with one attached hydrogen (secondary N) is 1. The predicted octanol–water partition coefficient (Wildman–Crippen LogP) is 3.51. The van der Waals surface area contributed by atoms with Crippen molar-refractivity contribution in [3.63, 3.8) is 0 Å². The molecule has 0 unspecified atom stereocenters. The molecular formula is C24H23N3O4S2. The third-order valence-electron chi connectivity index (χ3n) is 5.48. The normalized spacial score (nSPS) is 17.7. The van der Waals surface area contributed by atoms with Crippen molar-refractivity contribution < 1.29 is 19.1 Å². The molecule has 0 aliphatic carbocycles. The van der Waals surface area contributed by atoms with E-state index in [0.29, 0.717) is 34.4 Å². The summed E-state index contributed by atoms with van der Waals surface area (Å²) in [5.74, 6) is -1.03. The number of hydrogen-bond acceptors (Lipinski definition) is 6. The zero-order chi connectivity index (χ0) is 23.7. The smallest absolute Gasteiger partial charge is 0.267 e. The van der Waals surface area contributed by atoms with Gasteiger partial charge in [-0.1, -0.05) is 59.9 Å². The molecule has 2 aliphatic rings. The average Bonchev–Trinajstić information content (AvgIpc) is 3.21. The van der Waals surface area contributed by atoms with Crippen LogP contribution in [0.15, 0.2) is 47.4 Å². The summed E-state index contributed by atoms with van der Waals surface area (Å²) < 4.78 is 5.45. The molecule has 170 valence electrons. The molecule has 1 fully saturated rings. The van der Waals surface area contributed by atoms with Crippen molar-refractivity contribution in [1.82, 2.24) is 4.90 Å². The topological polar surface area (TPSA) is 79.0 Å². The number of rotatable bonds is 6. The minimum absolute atomic E-state index is 0.170. The van der Waals surface area contributed by atoms with Gasteiger partial charge in [-0.2, -0.15) is 0 Å². The molecule has 9 heteroatoms. The molecule has 1 saturated heterocycles. The Morgan fingerprint density at radius 1 is 1.09 bits per heavy atom. The Hall–Kier alpha value is -3.01. The quantitative estimate of drug-likeness (QED) is 0.503. The number of para-hydroxylation sites is 1. The number of carbonyl (C=O) groups is 3. The fourth-order valence-corrected chi connectivity index (χ4v) is 5.25. The number of thioether (sulfide) groups is 1. The molecular weight excluding hydrogens is 458 g/mol. The minimum Gasteiger partial charge on any atom is -0.383 e. The molecule has 2 aromatic carbocycles. The Balaban J connectivity index is 1.63. The summed E-state index contributed by atoms with van der Waals surface area (Å²) in [6.45, 7) is 4.39. The number of aryl methyl sites for hydroxylation is 2. The summed E-state index contributed by atoms with van der Waals surface area (Å²) >= 11 is 6.47. The third kappa shape index (κ3) is 4.44. The third-order valence-corrected chi connectivity index (χ3v) is 6.92. The van der Waals surface area contributed by atoms with Gasteiger partial charge in [0.2, 0.25) is 5.91 Å². The Bertz CT molecular complexity index is 1210. The summed E-state index contributed by atoms with van der Waals surface area (Å²) in [6, 6.07) is 12.9. The van der Waals surface area contributed by atoms with Crippen LogP contribution < -0.4 is 10.2 Å². The standard InChI is InChI=1S/C24H23N3O4S2/c1-14-8-9-17(15(2)12-14)25-19(28)13-27-18-7-5-4-6-16(18)20(22(27)29)21-23(30)26(10-11-31-3)24(32)33-21/h4-9,12H,10-11,13H2,1-3H3,(H,25,28). The van der Waals surface area contributed by atoms with E-state index in [-0.39, 0.29) is 34.7 Å². The number of amides is 3. The molecule has 3 amide bonds. The van der Waals surface area contributed by atoms with Crippen LogP contribution >= 0.6 is 24.0 Å². The van der Waals surface area contributed by atoms with E-state index in [9.17, 15) is 14.4 Å². The summed E-state index contributed by atoms with van der Waals surface area (Å²) in [4.78, 5) is 42.5. The van der Waals surface area contributed by atoms with E-state index in [4.69, 9.17) is 17.0 Å². The highest BCUT2D eigenvalue weighted by molar-refractivity contribution is 8.26. The predicted molar refractivity (Wildman–Crippen MR) is 134 cm³/mol. The van der Waals surface area contributed by atoms with E-state index >= 15 is 0 Å². The number of carbonyl (C=O) groups excluding carboxylic acids is 3. The largest absolute Gasteiger partial charge is 0.383 e. The van der Waals surface area contributed by atoms with E-state index in [0.717, 1.165) is 22.9 Å². The molecule has 0 spiro atoms. The molecule has 2 aliphatic heterocycles. The molecule has 0 saturated carbocycles. The number of fused-ring (bicyclic) bond motifs is 1. The van der Waals surface area contributed by atoms with Crippen LogP contribution in [0.2, 0.25) is 0 Å². The zero-order valence-corrected chi connectivity index (χ0v) is 20.1. The molecule has 33 heavy (non-hydrogen) atoms. The highest BCUT2D eigenvalue weighted by atomic mass is 32.2. The summed E-state index contributed by atoms with van der Waals surface area (Å²) in [5, 5.41) is 2.88. The van der Waals surface area contributed by atoms with Crippen LogP contribution in [0.5, 0.6) is 0 Å². The monoisotopic (exact) mass is 481 g/mol. The van der Waals surface area contributed by atoms with Crippen molar-refractivity contribution in [3.8, 4) is 0 Å². The molecule has 1 N–H and O–H groups in total. The van der Waals surface area contributed by atoms with Crippen LogP contribution in [0.1, 0.15) is 16.7 Å². The van der Waals surface area contributed by atoms with Gasteiger partial charge in [0.15, 0.2) is 0 Å². The average molecular weight is 482 g/mol. The van der Waals surface area contributed by atoms with Gasteiger partial charge in [-0.3, -0.25) is 24.2 Å². The molecule has 0 atom stereocenters. The summed E-state index contributed by atoms with van der Waals surface area (Å²) in [5.41, 5.74) is 4.23. The van der Waals surface area contributed by atoms with Crippen molar-refractivity contribution in [1.29, 1.82) is 0 Å². The molecule has 2 heterocycles. The first kappa shape index (κ1) is 23.2. The highest BCUT2D eigenvalue weighted by Gasteiger charge is 2.42. The first-order valence-corrected chi connectivity index (χ1v) is 11.6. The van der Waals surface area contributed by atoms with Gasteiger partial charge < -0.3 is 10.1 Å². The Kier molecular flexibility index (Phi) is 6.64. The number of benzene rings is 2. The van der Waals surface area contributed by atoms with E-state index in [1.165, 1.54) is 9.80 Å². The molecule has 0 radical (unpaired) electrons. The second-order valence-electron chi connectivity index (χ2n) is 7.80. The molecule has 0 bridgehead atoms. The number of nitrogens with zero attached hydrogens (tertiary/aromatic N) is 2. The van der Waals surface area contributed by atoms with Gasteiger partial charge >= 0.3 is 0 Å². The molecule has 7 nitrogen and oxygen atoms in total. The highest BCUT2D eigenvalue weighted by Crippen LogP contribution is 2.44. The fraction of sp³-hybridized carbons (Fsp3) is 0.250. The van der Waals surface area contributed by atoms with Crippen LogP contribution in [-0.2, 0) is 19.1 Å². The maximum atomic E-state index is 13.5. The lowest BCUT2D eigenvalue weighted by molar-refractivity contribution is -0.122. The van der Waals surface area contributed by atoms with Crippen molar-refractivity contribution in [2.45, 2.75) is 13.8 Å². The summed E-state index contributed by atoms with van der Waals surface area (Å²) in [7, 11) is 1.55. The van der Waals surface area contributed by atoms with Gasteiger partial charge in [-0.15, -0.1) is 0 Å². The maximum Gasteiger partial charge on any atom is 0.267 e.